The molecule has 2 N–H and O–H groups in total. The van der Waals surface area contributed by atoms with E-state index in [0.717, 1.165) is 18.0 Å². The van der Waals surface area contributed by atoms with E-state index < -0.39 is 5.60 Å². The van der Waals surface area contributed by atoms with Crippen LogP contribution >= 0.6 is 0 Å². The van der Waals surface area contributed by atoms with Crippen LogP contribution in [0.3, 0.4) is 0 Å². The van der Waals surface area contributed by atoms with Crippen molar-refractivity contribution < 1.29 is 9.53 Å². The summed E-state index contributed by atoms with van der Waals surface area (Å²) in [5, 5.41) is 0. The highest BCUT2D eigenvalue weighted by Gasteiger charge is 2.21. The zero-order valence-corrected chi connectivity index (χ0v) is 14.7. The number of hydrogen-bond donors (Lipinski definition) is 1. The maximum Gasteiger partial charge on any atom is 0.340 e. The second kappa shape index (κ2) is 7.91. The van der Waals surface area contributed by atoms with Crippen molar-refractivity contribution in [2.24, 2.45) is 11.7 Å². The Morgan fingerprint density at radius 1 is 1.26 bits per heavy atom. The molecule has 0 aliphatic heterocycles. The van der Waals surface area contributed by atoms with E-state index >= 15 is 0 Å². The molecule has 0 bridgehead atoms. The summed E-state index contributed by atoms with van der Waals surface area (Å²) in [6.07, 6.45) is 8.96. The van der Waals surface area contributed by atoms with Gasteiger partial charge < -0.3 is 10.5 Å². The van der Waals surface area contributed by atoms with Crippen LogP contribution in [0.15, 0.2) is 12.1 Å². The van der Waals surface area contributed by atoms with Gasteiger partial charge in [0.1, 0.15) is 5.60 Å². The van der Waals surface area contributed by atoms with Gasteiger partial charge in [-0.3, -0.25) is 4.98 Å². The molecule has 0 unspecified atom stereocenters. The van der Waals surface area contributed by atoms with Gasteiger partial charge >= 0.3 is 5.97 Å². The summed E-state index contributed by atoms with van der Waals surface area (Å²) in [6, 6.07) is 3.76. The molecule has 0 amide bonds. The van der Waals surface area contributed by atoms with E-state index in [-0.39, 0.29) is 12.5 Å². The molecule has 1 saturated carbocycles. The molecular weight excluding hydrogens is 288 g/mol. The van der Waals surface area contributed by atoms with Crippen LogP contribution in [-0.2, 0) is 17.7 Å². The van der Waals surface area contributed by atoms with Crippen molar-refractivity contribution in [3.8, 4) is 0 Å². The highest BCUT2D eigenvalue weighted by atomic mass is 16.6. The van der Waals surface area contributed by atoms with Gasteiger partial charge in [0, 0.05) is 12.2 Å². The van der Waals surface area contributed by atoms with Crippen LogP contribution in [0.25, 0.3) is 0 Å². The van der Waals surface area contributed by atoms with Crippen molar-refractivity contribution in [2.75, 3.05) is 0 Å². The molecule has 4 heteroatoms. The third-order valence-corrected chi connectivity index (χ3v) is 4.38. The van der Waals surface area contributed by atoms with Gasteiger partial charge in [-0.2, -0.15) is 0 Å². The summed E-state index contributed by atoms with van der Waals surface area (Å²) in [4.78, 5) is 16.8. The van der Waals surface area contributed by atoms with Crippen LogP contribution in [0.2, 0.25) is 0 Å². The molecule has 0 saturated heterocycles. The fraction of sp³-hybridized carbons (Fsp3) is 0.684. The van der Waals surface area contributed by atoms with Crippen molar-refractivity contribution in [1.82, 2.24) is 4.98 Å². The van der Waals surface area contributed by atoms with Crippen LogP contribution in [0.5, 0.6) is 0 Å². The van der Waals surface area contributed by atoms with Crippen LogP contribution < -0.4 is 5.73 Å². The van der Waals surface area contributed by atoms with Crippen LogP contribution in [0, 0.1) is 5.92 Å². The molecule has 2 rings (SSSR count). The molecule has 1 aromatic heterocycles. The average Bonchev–Trinajstić information content (AvgIpc) is 2.52. The lowest BCUT2D eigenvalue weighted by Crippen LogP contribution is -2.25. The lowest BCUT2D eigenvalue weighted by molar-refractivity contribution is 0.00677. The van der Waals surface area contributed by atoms with Crippen molar-refractivity contribution in [3.05, 3.63) is 29.1 Å². The van der Waals surface area contributed by atoms with Gasteiger partial charge in [0.2, 0.25) is 0 Å². The topological polar surface area (TPSA) is 65.2 Å². The molecular formula is C19H30N2O2. The number of esters is 1. The van der Waals surface area contributed by atoms with Crippen molar-refractivity contribution >= 4 is 5.97 Å². The number of nitrogens with two attached hydrogens (primary N) is 1. The van der Waals surface area contributed by atoms with E-state index in [1.807, 2.05) is 32.9 Å². The summed E-state index contributed by atoms with van der Waals surface area (Å²) in [5.41, 5.74) is 7.44. The summed E-state index contributed by atoms with van der Waals surface area (Å²) >= 11 is 0. The summed E-state index contributed by atoms with van der Waals surface area (Å²) in [7, 11) is 0. The lowest BCUT2D eigenvalue weighted by atomic mass is 9.86. The number of hydrogen-bond acceptors (Lipinski definition) is 4. The predicted molar refractivity (Wildman–Crippen MR) is 92.2 cm³/mol. The minimum absolute atomic E-state index is 0.256. The maximum absolute atomic E-state index is 12.2. The van der Waals surface area contributed by atoms with Crippen LogP contribution in [0.1, 0.15) is 81.0 Å². The van der Waals surface area contributed by atoms with E-state index in [2.05, 4.69) is 4.98 Å². The highest BCUT2D eigenvalue weighted by Crippen LogP contribution is 2.27. The van der Waals surface area contributed by atoms with Gasteiger partial charge in [0.25, 0.3) is 0 Å². The fourth-order valence-corrected chi connectivity index (χ4v) is 3.19. The maximum atomic E-state index is 12.2. The Morgan fingerprint density at radius 2 is 1.96 bits per heavy atom. The van der Waals surface area contributed by atoms with Crippen LogP contribution in [0.4, 0.5) is 0 Å². The van der Waals surface area contributed by atoms with Crippen molar-refractivity contribution in [1.29, 1.82) is 0 Å². The zero-order valence-electron chi connectivity index (χ0n) is 14.7. The Bertz CT molecular complexity index is 529. The zero-order chi connectivity index (χ0) is 16.9. The quantitative estimate of drug-likeness (QED) is 0.833. The molecule has 1 aromatic rings. The molecule has 1 heterocycles. The molecule has 1 aliphatic rings. The Hall–Kier alpha value is -1.42. The number of nitrogens with zero attached hydrogens (tertiary/aromatic N) is 1. The third-order valence-electron chi connectivity index (χ3n) is 4.38. The molecule has 4 nitrogen and oxygen atoms in total. The first-order chi connectivity index (χ1) is 10.9. The predicted octanol–water partition coefficient (Wildman–Crippen LogP) is 4.01. The molecule has 1 aliphatic carbocycles. The van der Waals surface area contributed by atoms with Gasteiger partial charge in [-0.25, -0.2) is 4.79 Å². The number of carbonyl (C=O) groups excluding carboxylic acids is 1. The van der Waals surface area contributed by atoms with E-state index in [0.29, 0.717) is 11.3 Å². The number of ether oxygens (including phenoxy) is 1. The fourth-order valence-electron chi connectivity index (χ4n) is 3.19. The molecule has 0 atom stereocenters. The summed E-state index contributed by atoms with van der Waals surface area (Å²) in [5.74, 6) is 0.488. The van der Waals surface area contributed by atoms with E-state index in [4.69, 9.17) is 10.5 Å². The molecule has 128 valence electrons. The standard InChI is InChI=1S/C19H30N2O2/c1-19(2,3)23-18(22)16-12-11-15(21-17(16)13-20)10-9-14-7-5-4-6-8-14/h11-12,14H,4-10,13,20H2,1-3H3. The Kier molecular flexibility index (Phi) is 6.17. The second-order valence-corrected chi connectivity index (χ2v) is 7.55. The van der Waals surface area contributed by atoms with Gasteiger partial charge in [-0.05, 0) is 51.7 Å². The first kappa shape index (κ1) is 17.9. The summed E-state index contributed by atoms with van der Waals surface area (Å²) in [6.45, 7) is 5.84. The first-order valence-electron chi connectivity index (χ1n) is 8.81. The highest BCUT2D eigenvalue weighted by molar-refractivity contribution is 5.90. The molecule has 0 aromatic carbocycles. The Labute approximate surface area is 139 Å². The van der Waals surface area contributed by atoms with Gasteiger partial charge in [0.15, 0.2) is 0 Å². The summed E-state index contributed by atoms with van der Waals surface area (Å²) < 4.78 is 5.43. The largest absolute Gasteiger partial charge is 0.456 e. The minimum atomic E-state index is -0.511. The smallest absolute Gasteiger partial charge is 0.340 e. The third kappa shape index (κ3) is 5.61. The Morgan fingerprint density at radius 3 is 2.57 bits per heavy atom. The monoisotopic (exact) mass is 318 g/mol. The molecule has 23 heavy (non-hydrogen) atoms. The minimum Gasteiger partial charge on any atom is -0.456 e. The van der Waals surface area contributed by atoms with E-state index in [1.54, 1.807) is 0 Å². The van der Waals surface area contributed by atoms with E-state index in [1.165, 1.54) is 38.5 Å². The number of aryl methyl sites for hydroxylation is 1. The molecule has 0 spiro atoms. The SMILES string of the molecule is CC(C)(C)OC(=O)c1ccc(CCC2CCCCC2)nc1CN. The normalized spacial score (nSPS) is 16.3. The average molecular weight is 318 g/mol. The molecule has 1 fully saturated rings. The first-order valence-corrected chi connectivity index (χ1v) is 8.81. The number of rotatable bonds is 5. The van der Waals surface area contributed by atoms with Gasteiger partial charge in [-0.15, -0.1) is 0 Å². The van der Waals surface area contributed by atoms with Crippen LogP contribution in [-0.4, -0.2) is 16.6 Å². The Balaban J connectivity index is 2.02. The second-order valence-electron chi connectivity index (χ2n) is 7.55. The number of aromatic nitrogens is 1. The van der Waals surface area contributed by atoms with E-state index in [9.17, 15) is 4.79 Å². The van der Waals surface area contributed by atoms with Crippen molar-refractivity contribution in [3.63, 3.8) is 0 Å². The molecule has 0 radical (unpaired) electrons. The van der Waals surface area contributed by atoms with Gasteiger partial charge in [0.05, 0.1) is 11.3 Å². The van der Waals surface area contributed by atoms with Gasteiger partial charge in [-0.1, -0.05) is 32.1 Å². The lowest BCUT2D eigenvalue weighted by Gasteiger charge is -2.22. The number of carbonyl (C=O) groups is 1. The van der Waals surface area contributed by atoms with Crippen molar-refractivity contribution in [2.45, 2.75) is 77.9 Å². The number of pyridine rings is 1.